The molecule has 1 heterocycles. The summed E-state index contributed by atoms with van der Waals surface area (Å²) in [7, 11) is -3.36. The molecule has 4 nitrogen and oxygen atoms in total. The summed E-state index contributed by atoms with van der Waals surface area (Å²) >= 11 is 0. The molecular weight excluding hydrogens is 284 g/mol. The average molecular weight is 310 g/mol. The molecule has 0 bridgehead atoms. The van der Waals surface area contributed by atoms with Gasteiger partial charge in [-0.3, -0.25) is 0 Å². The van der Waals surface area contributed by atoms with E-state index in [1.165, 1.54) is 25.7 Å². The molecule has 0 unspecified atom stereocenters. The number of hydrogen-bond donors (Lipinski definition) is 1. The van der Waals surface area contributed by atoms with Crippen molar-refractivity contribution in [2.75, 3.05) is 26.2 Å². The van der Waals surface area contributed by atoms with Crippen LogP contribution in [-0.2, 0) is 10.0 Å². The van der Waals surface area contributed by atoms with E-state index < -0.39 is 10.0 Å². The number of benzene rings is 1. The van der Waals surface area contributed by atoms with Crippen molar-refractivity contribution in [3.05, 3.63) is 29.8 Å². The summed E-state index contributed by atoms with van der Waals surface area (Å²) in [5.74, 6) is 0. The molecular formula is C16H26N2O2S. The van der Waals surface area contributed by atoms with Gasteiger partial charge in [0.2, 0.25) is 10.0 Å². The third kappa shape index (κ3) is 5.41. The highest BCUT2D eigenvalue weighted by atomic mass is 32.2. The van der Waals surface area contributed by atoms with Crippen molar-refractivity contribution < 1.29 is 8.42 Å². The maximum absolute atomic E-state index is 12.2. The highest BCUT2D eigenvalue weighted by molar-refractivity contribution is 7.89. The van der Waals surface area contributed by atoms with Crippen molar-refractivity contribution in [3.63, 3.8) is 0 Å². The second-order valence-electron chi connectivity index (χ2n) is 5.82. The highest BCUT2D eigenvalue weighted by Crippen LogP contribution is 2.11. The first-order valence-corrected chi connectivity index (χ1v) is 9.35. The van der Waals surface area contributed by atoms with Crippen molar-refractivity contribution in [3.8, 4) is 0 Å². The fourth-order valence-corrected chi connectivity index (χ4v) is 3.91. The molecule has 0 radical (unpaired) electrons. The average Bonchev–Trinajstić information content (AvgIpc) is 2.72. The zero-order valence-corrected chi connectivity index (χ0v) is 13.7. The van der Waals surface area contributed by atoms with E-state index in [1.54, 1.807) is 18.2 Å². The van der Waals surface area contributed by atoms with Crippen molar-refractivity contribution in [2.45, 2.75) is 43.9 Å². The number of nitrogens with zero attached hydrogens (tertiary/aromatic N) is 1. The summed E-state index contributed by atoms with van der Waals surface area (Å²) in [6.45, 7) is 5.71. The summed E-state index contributed by atoms with van der Waals surface area (Å²) in [5, 5.41) is 0. The van der Waals surface area contributed by atoms with E-state index in [2.05, 4.69) is 9.62 Å². The van der Waals surface area contributed by atoms with Gasteiger partial charge in [0, 0.05) is 6.54 Å². The Morgan fingerprint density at radius 2 is 1.86 bits per heavy atom. The normalized spacial score (nSPS) is 17.6. The topological polar surface area (TPSA) is 49.4 Å². The summed E-state index contributed by atoms with van der Waals surface area (Å²) in [6.07, 6.45) is 6.07. The summed E-state index contributed by atoms with van der Waals surface area (Å²) in [4.78, 5) is 2.81. The molecule has 21 heavy (non-hydrogen) atoms. The second-order valence-corrected chi connectivity index (χ2v) is 7.59. The van der Waals surface area contributed by atoms with E-state index in [9.17, 15) is 8.42 Å². The number of nitrogens with one attached hydrogen (secondary N) is 1. The van der Waals surface area contributed by atoms with Crippen molar-refractivity contribution in [2.24, 2.45) is 0 Å². The van der Waals surface area contributed by atoms with Crippen LogP contribution in [0, 0.1) is 6.92 Å². The molecule has 0 amide bonds. The third-order valence-electron chi connectivity index (χ3n) is 3.94. The number of rotatable bonds is 6. The van der Waals surface area contributed by atoms with Crippen LogP contribution in [0.4, 0.5) is 0 Å². The molecule has 1 aliphatic rings. The van der Waals surface area contributed by atoms with Gasteiger partial charge < -0.3 is 4.90 Å². The van der Waals surface area contributed by atoms with Gasteiger partial charge in [-0.25, -0.2) is 13.1 Å². The number of likely N-dealkylation sites (tertiary alicyclic amines) is 1. The van der Waals surface area contributed by atoms with Gasteiger partial charge in [-0.15, -0.1) is 0 Å². The lowest BCUT2D eigenvalue weighted by Gasteiger charge is -2.19. The van der Waals surface area contributed by atoms with Gasteiger partial charge in [-0.1, -0.05) is 25.0 Å². The molecule has 0 aliphatic carbocycles. The van der Waals surface area contributed by atoms with Crippen LogP contribution in [0.25, 0.3) is 0 Å². The Morgan fingerprint density at radius 1 is 1.14 bits per heavy atom. The van der Waals surface area contributed by atoms with E-state index in [0.717, 1.165) is 31.6 Å². The summed E-state index contributed by atoms with van der Waals surface area (Å²) < 4.78 is 27.0. The quantitative estimate of drug-likeness (QED) is 0.822. The Kier molecular flexibility index (Phi) is 6.21. The maximum atomic E-state index is 12.2. The van der Waals surface area contributed by atoms with Crippen LogP contribution in [0.1, 0.15) is 37.7 Å². The van der Waals surface area contributed by atoms with Gasteiger partial charge in [0.25, 0.3) is 0 Å². The Morgan fingerprint density at radius 3 is 2.52 bits per heavy atom. The van der Waals surface area contributed by atoms with Crippen LogP contribution in [0.15, 0.2) is 29.2 Å². The van der Waals surface area contributed by atoms with E-state index in [1.807, 2.05) is 13.0 Å². The van der Waals surface area contributed by atoms with Gasteiger partial charge in [0.05, 0.1) is 4.90 Å². The van der Waals surface area contributed by atoms with E-state index in [0.29, 0.717) is 11.4 Å². The lowest BCUT2D eigenvalue weighted by molar-refractivity contribution is 0.282. The predicted octanol–water partition coefficient (Wildman–Crippen LogP) is 2.54. The first-order chi connectivity index (χ1) is 10.1. The first-order valence-electron chi connectivity index (χ1n) is 7.87. The van der Waals surface area contributed by atoms with Crippen LogP contribution < -0.4 is 4.72 Å². The van der Waals surface area contributed by atoms with Crippen molar-refractivity contribution in [1.29, 1.82) is 0 Å². The molecule has 2 rings (SSSR count). The number of sulfonamides is 1. The minimum Gasteiger partial charge on any atom is -0.303 e. The lowest BCUT2D eigenvalue weighted by atomic mass is 10.2. The molecule has 118 valence electrons. The van der Waals surface area contributed by atoms with Crippen LogP contribution >= 0.6 is 0 Å². The van der Waals surface area contributed by atoms with Gasteiger partial charge in [-0.2, -0.15) is 0 Å². The number of hydrogen-bond acceptors (Lipinski definition) is 3. The molecule has 0 saturated carbocycles. The first kappa shape index (κ1) is 16.5. The third-order valence-corrected chi connectivity index (χ3v) is 5.40. The summed E-state index contributed by atoms with van der Waals surface area (Å²) in [5.41, 5.74) is 0.961. The fourth-order valence-electron chi connectivity index (χ4n) is 2.73. The molecule has 5 heteroatoms. The highest BCUT2D eigenvalue weighted by Gasteiger charge is 2.14. The Hall–Kier alpha value is -0.910. The van der Waals surface area contributed by atoms with Gasteiger partial charge in [-0.05, 0) is 63.5 Å². The maximum Gasteiger partial charge on any atom is 0.240 e. The molecule has 0 aromatic heterocycles. The number of aryl methyl sites for hydroxylation is 1. The van der Waals surface area contributed by atoms with Crippen molar-refractivity contribution >= 4 is 10.0 Å². The minimum absolute atomic E-state index is 0.359. The van der Waals surface area contributed by atoms with Crippen LogP contribution in [-0.4, -0.2) is 39.5 Å². The molecule has 0 atom stereocenters. The molecule has 1 fully saturated rings. The Bertz CT molecular complexity index is 535. The lowest BCUT2D eigenvalue weighted by Crippen LogP contribution is -2.30. The molecule has 1 aromatic rings. The van der Waals surface area contributed by atoms with Gasteiger partial charge >= 0.3 is 0 Å². The second kappa shape index (κ2) is 7.92. The van der Waals surface area contributed by atoms with E-state index >= 15 is 0 Å². The minimum atomic E-state index is -3.36. The Labute approximate surface area is 128 Å². The SMILES string of the molecule is Cc1cccc(S(=O)(=O)NCCCN2CCCCCC2)c1. The molecule has 1 aromatic carbocycles. The fraction of sp³-hybridized carbons (Fsp3) is 0.625. The van der Waals surface area contributed by atoms with Gasteiger partial charge in [0.15, 0.2) is 0 Å². The van der Waals surface area contributed by atoms with Crippen molar-refractivity contribution in [1.82, 2.24) is 9.62 Å². The smallest absolute Gasteiger partial charge is 0.240 e. The van der Waals surface area contributed by atoms with Gasteiger partial charge in [0.1, 0.15) is 0 Å². The molecule has 1 aliphatic heterocycles. The standard InChI is InChI=1S/C16H26N2O2S/c1-15-8-6-9-16(14-15)21(19,20)17-10-7-13-18-11-4-2-3-5-12-18/h6,8-9,14,17H,2-5,7,10-13H2,1H3. The molecule has 1 saturated heterocycles. The largest absolute Gasteiger partial charge is 0.303 e. The molecule has 1 N–H and O–H groups in total. The zero-order chi connectivity index (χ0) is 15.1. The monoisotopic (exact) mass is 310 g/mol. The van der Waals surface area contributed by atoms with E-state index in [-0.39, 0.29) is 0 Å². The van der Waals surface area contributed by atoms with Crippen LogP contribution in [0.5, 0.6) is 0 Å². The zero-order valence-electron chi connectivity index (χ0n) is 12.8. The predicted molar refractivity (Wildman–Crippen MR) is 85.9 cm³/mol. The summed E-state index contributed by atoms with van der Waals surface area (Å²) in [6, 6.07) is 7.03. The van der Waals surface area contributed by atoms with E-state index in [4.69, 9.17) is 0 Å². The van der Waals surface area contributed by atoms with Crippen LogP contribution in [0.2, 0.25) is 0 Å². The Balaban J connectivity index is 1.77. The molecule has 0 spiro atoms. The van der Waals surface area contributed by atoms with Crippen LogP contribution in [0.3, 0.4) is 0 Å².